The Bertz CT molecular complexity index is 513. The standard InChI is InChI=1S/C15H20F2N2O/c1-10(12-8-11(16)4-5-13(12)17)19(3)14(20)15(2)6-7-18-9-15/h4-5,8,10,18H,6-7,9H2,1-3H3. The number of hydrogen-bond donors (Lipinski definition) is 1. The van der Waals surface area contributed by atoms with E-state index in [1.54, 1.807) is 14.0 Å². The first-order valence-electron chi connectivity index (χ1n) is 6.78. The average molecular weight is 282 g/mol. The molecule has 0 radical (unpaired) electrons. The average Bonchev–Trinajstić information content (AvgIpc) is 2.87. The molecule has 2 unspecified atom stereocenters. The zero-order chi connectivity index (χ0) is 14.9. The number of nitrogens with zero attached hydrogens (tertiary/aromatic N) is 1. The van der Waals surface area contributed by atoms with Crippen LogP contribution in [0.4, 0.5) is 8.78 Å². The SMILES string of the molecule is CC(c1cc(F)ccc1F)N(C)C(=O)C1(C)CCNC1. The van der Waals surface area contributed by atoms with Crippen molar-refractivity contribution in [1.82, 2.24) is 10.2 Å². The van der Waals surface area contributed by atoms with Crippen LogP contribution in [0.5, 0.6) is 0 Å². The molecular formula is C15H20F2N2O. The van der Waals surface area contributed by atoms with E-state index in [1.165, 1.54) is 4.90 Å². The molecule has 1 aliphatic rings. The highest BCUT2D eigenvalue weighted by molar-refractivity contribution is 5.83. The van der Waals surface area contributed by atoms with Crippen LogP contribution in [0, 0.1) is 17.0 Å². The summed E-state index contributed by atoms with van der Waals surface area (Å²) < 4.78 is 27.1. The van der Waals surface area contributed by atoms with Gasteiger partial charge < -0.3 is 10.2 Å². The molecule has 1 saturated heterocycles. The summed E-state index contributed by atoms with van der Waals surface area (Å²) in [5, 5.41) is 3.17. The number of rotatable bonds is 3. The van der Waals surface area contributed by atoms with Crippen molar-refractivity contribution in [2.75, 3.05) is 20.1 Å². The normalized spacial score (nSPS) is 23.6. The fourth-order valence-corrected chi connectivity index (χ4v) is 2.64. The van der Waals surface area contributed by atoms with Crippen molar-refractivity contribution in [3.63, 3.8) is 0 Å². The van der Waals surface area contributed by atoms with Crippen LogP contribution in [0.2, 0.25) is 0 Å². The van der Waals surface area contributed by atoms with Crippen molar-refractivity contribution in [3.8, 4) is 0 Å². The third-order valence-corrected chi connectivity index (χ3v) is 4.19. The first-order chi connectivity index (χ1) is 9.35. The second kappa shape index (κ2) is 5.48. The van der Waals surface area contributed by atoms with Crippen molar-refractivity contribution >= 4 is 5.91 Å². The second-order valence-corrected chi connectivity index (χ2v) is 5.75. The Balaban J connectivity index is 2.21. The maximum atomic E-state index is 13.8. The van der Waals surface area contributed by atoms with Crippen LogP contribution in [0.25, 0.3) is 0 Å². The highest BCUT2D eigenvalue weighted by atomic mass is 19.1. The summed E-state index contributed by atoms with van der Waals surface area (Å²) in [6.07, 6.45) is 0.758. The number of hydrogen-bond acceptors (Lipinski definition) is 2. The van der Waals surface area contributed by atoms with Gasteiger partial charge in [-0.1, -0.05) is 0 Å². The predicted molar refractivity (Wildman–Crippen MR) is 73.1 cm³/mol. The number of carbonyl (C=O) groups excluding carboxylic acids is 1. The van der Waals surface area contributed by atoms with Gasteiger partial charge >= 0.3 is 0 Å². The lowest BCUT2D eigenvalue weighted by atomic mass is 9.87. The van der Waals surface area contributed by atoms with E-state index in [1.807, 2.05) is 6.92 Å². The first kappa shape index (κ1) is 14.9. The molecule has 5 heteroatoms. The summed E-state index contributed by atoms with van der Waals surface area (Å²) in [6.45, 7) is 5.04. The molecule has 110 valence electrons. The Morgan fingerprint density at radius 3 is 2.75 bits per heavy atom. The van der Waals surface area contributed by atoms with Gasteiger partial charge in [-0.05, 0) is 45.0 Å². The summed E-state index contributed by atoms with van der Waals surface area (Å²) in [5.41, 5.74) is -0.261. The zero-order valence-corrected chi connectivity index (χ0v) is 12.0. The third-order valence-electron chi connectivity index (χ3n) is 4.19. The van der Waals surface area contributed by atoms with Crippen LogP contribution < -0.4 is 5.32 Å². The monoisotopic (exact) mass is 282 g/mol. The van der Waals surface area contributed by atoms with E-state index in [9.17, 15) is 13.6 Å². The summed E-state index contributed by atoms with van der Waals surface area (Å²) in [7, 11) is 1.64. The summed E-state index contributed by atoms with van der Waals surface area (Å²) in [6, 6.07) is 2.82. The molecule has 3 nitrogen and oxygen atoms in total. The van der Waals surface area contributed by atoms with Gasteiger partial charge in [-0.3, -0.25) is 4.79 Å². The summed E-state index contributed by atoms with van der Waals surface area (Å²) in [5.74, 6) is -1.03. The van der Waals surface area contributed by atoms with Gasteiger partial charge in [0.25, 0.3) is 0 Å². The van der Waals surface area contributed by atoms with E-state index in [-0.39, 0.29) is 11.5 Å². The van der Waals surface area contributed by atoms with Crippen LogP contribution in [0.3, 0.4) is 0 Å². The van der Waals surface area contributed by atoms with Crippen molar-refractivity contribution < 1.29 is 13.6 Å². The van der Waals surface area contributed by atoms with E-state index in [0.717, 1.165) is 31.2 Å². The molecule has 0 bridgehead atoms. The molecule has 20 heavy (non-hydrogen) atoms. The molecule has 0 aliphatic carbocycles. The zero-order valence-electron chi connectivity index (χ0n) is 12.0. The molecule has 2 rings (SSSR count). The molecule has 0 saturated carbocycles. The van der Waals surface area contributed by atoms with Crippen LogP contribution in [-0.4, -0.2) is 30.9 Å². The van der Waals surface area contributed by atoms with E-state index in [2.05, 4.69) is 5.32 Å². The smallest absolute Gasteiger partial charge is 0.230 e. The number of benzene rings is 1. The van der Waals surface area contributed by atoms with E-state index in [4.69, 9.17) is 0 Å². The molecule has 1 amide bonds. The summed E-state index contributed by atoms with van der Waals surface area (Å²) in [4.78, 5) is 14.1. The Labute approximate surface area is 118 Å². The molecule has 0 spiro atoms. The van der Waals surface area contributed by atoms with Crippen LogP contribution >= 0.6 is 0 Å². The lowest BCUT2D eigenvalue weighted by Gasteiger charge is -2.33. The molecule has 1 heterocycles. The van der Waals surface area contributed by atoms with E-state index in [0.29, 0.717) is 6.54 Å². The highest BCUT2D eigenvalue weighted by Crippen LogP contribution is 2.31. The maximum absolute atomic E-state index is 13.8. The van der Waals surface area contributed by atoms with Gasteiger partial charge in [-0.2, -0.15) is 0 Å². The predicted octanol–water partition coefficient (Wildman–Crippen LogP) is 2.48. The fourth-order valence-electron chi connectivity index (χ4n) is 2.64. The first-order valence-corrected chi connectivity index (χ1v) is 6.78. The molecule has 1 aromatic carbocycles. The maximum Gasteiger partial charge on any atom is 0.230 e. The molecule has 1 aliphatic heterocycles. The number of halogens is 2. The van der Waals surface area contributed by atoms with E-state index >= 15 is 0 Å². The third kappa shape index (κ3) is 2.68. The number of amides is 1. The van der Waals surface area contributed by atoms with Gasteiger partial charge in [0.1, 0.15) is 11.6 Å². The quantitative estimate of drug-likeness (QED) is 0.923. The molecule has 0 aromatic heterocycles. The number of nitrogens with one attached hydrogen (secondary N) is 1. The minimum atomic E-state index is -0.504. The lowest BCUT2D eigenvalue weighted by molar-refractivity contribution is -0.140. The van der Waals surface area contributed by atoms with Crippen LogP contribution in [-0.2, 0) is 4.79 Å². The fraction of sp³-hybridized carbons (Fsp3) is 0.533. The van der Waals surface area contributed by atoms with Gasteiger partial charge in [-0.15, -0.1) is 0 Å². The number of carbonyl (C=O) groups is 1. The van der Waals surface area contributed by atoms with Gasteiger partial charge in [-0.25, -0.2) is 8.78 Å². The van der Waals surface area contributed by atoms with Gasteiger partial charge in [0.05, 0.1) is 11.5 Å². The van der Waals surface area contributed by atoms with Crippen molar-refractivity contribution in [3.05, 3.63) is 35.4 Å². The molecule has 2 atom stereocenters. The van der Waals surface area contributed by atoms with Gasteiger partial charge in [0, 0.05) is 19.2 Å². The van der Waals surface area contributed by atoms with Crippen LogP contribution in [0.15, 0.2) is 18.2 Å². The minimum absolute atomic E-state index is 0.0429. The molecule has 1 fully saturated rings. The van der Waals surface area contributed by atoms with Crippen molar-refractivity contribution in [2.45, 2.75) is 26.3 Å². The Morgan fingerprint density at radius 1 is 1.45 bits per heavy atom. The second-order valence-electron chi connectivity index (χ2n) is 5.75. The Morgan fingerprint density at radius 2 is 2.15 bits per heavy atom. The van der Waals surface area contributed by atoms with Gasteiger partial charge in [0.15, 0.2) is 0 Å². The largest absolute Gasteiger partial charge is 0.338 e. The van der Waals surface area contributed by atoms with Crippen LogP contribution in [0.1, 0.15) is 31.9 Å². The van der Waals surface area contributed by atoms with E-state index < -0.39 is 23.1 Å². The van der Waals surface area contributed by atoms with Gasteiger partial charge in [0.2, 0.25) is 5.91 Å². The minimum Gasteiger partial charge on any atom is -0.338 e. The van der Waals surface area contributed by atoms with Crippen molar-refractivity contribution in [1.29, 1.82) is 0 Å². The lowest BCUT2D eigenvalue weighted by Crippen LogP contribution is -2.42. The molecule has 1 N–H and O–H groups in total. The molecular weight excluding hydrogens is 262 g/mol. The topological polar surface area (TPSA) is 32.3 Å². The Kier molecular flexibility index (Phi) is 4.09. The molecule has 1 aromatic rings. The van der Waals surface area contributed by atoms with Crippen molar-refractivity contribution in [2.24, 2.45) is 5.41 Å². The summed E-state index contributed by atoms with van der Waals surface area (Å²) >= 11 is 0. The highest BCUT2D eigenvalue weighted by Gasteiger charge is 2.39. The Hall–Kier alpha value is -1.49.